The number of fused-ring (bicyclic) bond motifs is 1. The zero-order valence-electron chi connectivity index (χ0n) is 18.3. The van der Waals surface area contributed by atoms with Crippen LogP contribution in [0.5, 0.6) is 5.75 Å². The first kappa shape index (κ1) is 21.0. The third-order valence-electron chi connectivity index (χ3n) is 6.90. The third kappa shape index (κ3) is 3.39. The van der Waals surface area contributed by atoms with Crippen molar-refractivity contribution < 1.29 is 19.8 Å². The molecule has 3 aromatic carbocycles. The zero-order chi connectivity index (χ0) is 23.6. The summed E-state index contributed by atoms with van der Waals surface area (Å²) in [5, 5.41) is 20.2. The molecule has 170 valence electrons. The largest absolute Gasteiger partial charge is 0.507 e. The molecule has 0 aromatic heterocycles. The monoisotopic (exact) mass is 471 g/mol. The molecule has 6 rings (SSSR count). The van der Waals surface area contributed by atoms with E-state index in [2.05, 4.69) is 12.1 Å². The Morgan fingerprint density at radius 1 is 0.971 bits per heavy atom. The summed E-state index contributed by atoms with van der Waals surface area (Å²) in [7, 11) is 0. The van der Waals surface area contributed by atoms with E-state index in [-0.39, 0.29) is 17.2 Å². The minimum absolute atomic E-state index is 0.205. The van der Waals surface area contributed by atoms with Gasteiger partial charge in [0.2, 0.25) is 0 Å². The van der Waals surface area contributed by atoms with Crippen molar-refractivity contribution in [3.8, 4) is 5.75 Å². The van der Waals surface area contributed by atoms with Crippen molar-refractivity contribution in [2.45, 2.75) is 37.5 Å². The molecule has 3 aliphatic rings. The summed E-state index contributed by atoms with van der Waals surface area (Å²) in [6.07, 6.45) is 6.34. The maximum atomic E-state index is 13.9. The average molecular weight is 472 g/mol. The molecule has 3 aromatic rings. The fraction of sp³-hybridized carbons (Fsp3) is 0.214. The standard InChI is InChI=1S/C28H22ClNO4/c29-23-5-1-3-18(15-7-8-15)21(23)14-22-26-19(16-9-10-16)4-2-6-24(26)30(27(22)32)17-11-12-20(28(33)34)25(31)13-17/h1-6,11-16,31H,7-10H2,(H,33,34)/b22-14-. The van der Waals surface area contributed by atoms with Crippen molar-refractivity contribution in [3.05, 3.63) is 87.4 Å². The van der Waals surface area contributed by atoms with E-state index in [0.29, 0.717) is 28.1 Å². The molecule has 34 heavy (non-hydrogen) atoms. The van der Waals surface area contributed by atoms with Gasteiger partial charge in [-0.05, 0) is 84.6 Å². The maximum absolute atomic E-state index is 13.9. The first-order valence-corrected chi connectivity index (χ1v) is 11.9. The van der Waals surface area contributed by atoms with Crippen molar-refractivity contribution in [1.82, 2.24) is 0 Å². The number of carboxylic acid groups (broad SMARTS) is 1. The van der Waals surface area contributed by atoms with Crippen LogP contribution in [0.4, 0.5) is 11.4 Å². The van der Waals surface area contributed by atoms with Crippen LogP contribution in [0.15, 0.2) is 54.6 Å². The van der Waals surface area contributed by atoms with E-state index < -0.39 is 5.97 Å². The van der Waals surface area contributed by atoms with Crippen LogP contribution in [-0.4, -0.2) is 22.1 Å². The Kier molecular flexibility index (Phi) is 4.78. The zero-order valence-corrected chi connectivity index (χ0v) is 19.0. The quantitative estimate of drug-likeness (QED) is 0.405. The molecule has 1 amide bonds. The Morgan fingerprint density at radius 2 is 1.65 bits per heavy atom. The molecule has 2 aliphatic carbocycles. The Labute approximate surface area is 201 Å². The van der Waals surface area contributed by atoms with Gasteiger partial charge in [0.15, 0.2) is 0 Å². The van der Waals surface area contributed by atoms with Gasteiger partial charge in [-0.25, -0.2) is 4.79 Å². The summed E-state index contributed by atoms with van der Waals surface area (Å²) >= 11 is 6.63. The number of phenols is 1. The van der Waals surface area contributed by atoms with E-state index in [1.54, 1.807) is 11.0 Å². The van der Waals surface area contributed by atoms with Crippen molar-refractivity contribution in [3.63, 3.8) is 0 Å². The molecule has 1 aliphatic heterocycles. The lowest BCUT2D eigenvalue weighted by molar-refractivity contribution is -0.112. The smallest absolute Gasteiger partial charge is 0.339 e. The fourth-order valence-electron chi connectivity index (χ4n) is 4.94. The summed E-state index contributed by atoms with van der Waals surface area (Å²) < 4.78 is 0. The van der Waals surface area contributed by atoms with Gasteiger partial charge in [-0.1, -0.05) is 35.9 Å². The van der Waals surface area contributed by atoms with Crippen molar-refractivity contribution in [2.75, 3.05) is 4.90 Å². The van der Waals surface area contributed by atoms with Crippen LogP contribution >= 0.6 is 11.6 Å². The molecule has 2 fully saturated rings. The van der Waals surface area contributed by atoms with E-state index in [1.807, 2.05) is 30.3 Å². The minimum atomic E-state index is -1.22. The lowest BCUT2D eigenvalue weighted by atomic mass is 9.94. The molecular formula is C28H22ClNO4. The Morgan fingerprint density at radius 3 is 2.32 bits per heavy atom. The Balaban J connectivity index is 1.55. The molecule has 2 saturated carbocycles. The SMILES string of the molecule is O=C(O)c1ccc(N2C(=O)/C(=C\c3c(Cl)cccc3C3CC3)c3c(C4CC4)cccc32)cc1O. The number of amides is 1. The Hall–Kier alpha value is -3.57. The first-order valence-electron chi connectivity index (χ1n) is 11.5. The van der Waals surface area contributed by atoms with Crippen LogP contribution in [0.2, 0.25) is 5.02 Å². The number of nitrogens with zero attached hydrogens (tertiary/aromatic N) is 1. The number of aromatic carboxylic acids is 1. The van der Waals surface area contributed by atoms with Gasteiger partial charge in [0.25, 0.3) is 5.91 Å². The summed E-state index contributed by atoms with van der Waals surface area (Å²) in [6.45, 7) is 0. The number of anilines is 2. The highest BCUT2D eigenvalue weighted by atomic mass is 35.5. The van der Waals surface area contributed by atoms with E-state index in [0.717, 1.165) is 48.1 Å². The molecule has 6 heteroatoms. The summed E-state index contributed by atoms with van der Waals surface area (Å²) in [5.74, 6) is -0.926. The van der Waals surface area contributed by atoms with Crippen LogP contribution < -0.4 is 4.90 Å². The molecule has 0 atom stereocenters. The highest BCUT2D eigenvalue weighted by molar-refractivity contribution is 6.39. The second-order valence-corrected chi connectivity index (χ2v) is 9.65. The third-order valence-corrected chi connectivity index (χ3v) is 7.23. The normalized spacial score (nSPS) is 18.4. The molecule has 1 heterocycles. The van der Waals surface area contributed by atoms with Gasteiger partial charge in [-0.3, -0.25) is 9.69 Å². The van der Waals surface area contributed by atoms with E-state index in [1.165, 1.54) is 17.7 Å². The van der Waals surface area contributed by atoms with Crippen LogP contribution in [0.3, 0.4) is 0 Å². The number of hydrogen-bond donors (Lipinski definition) is 2. The van der Waals surface area contributed by atoms with E-state index >= 15 is 0 Å². The van der Waals surface area contributed by atoms with Gasteiger partial charge in [0.1, 0.15) is 11.3 Å². The average Bonchev–Trinajstić information content (AvgIpc) is 3.72. The lowest BCUT2D eigenvalue weighted by Crippen LogP contribution is -2.20. The summed E-state index contributed by atoms with van der Waals surface area (Å²) in [4.78, 5) is 26.8. The topological polar surface area (TPSA) is 77.8 Å². The van der Waals surface area contributed by atoms with Gasteiger partial charge in [-0.2, -0.15) is 0 Å². The number of hydrogen-bond acceptors (Lipinski definition) is 3. The van der Waals surface area contributed by atoms with Crippen LogP contribution in [0.1, 0.15) is 70.1 Å². The molecule has 0 bridgehead atoms. The van der Waals surface area contributed by atoms with Gasteiger partial charge in [0.05, 0.1) is 16.9 Å². The number of benzene rings is 3. The molecule has 0 radical (unpaired) electrons. The molecule has 0 unspecified atom stereocenters. The fourth-order valence-corrected chi connectivity index (χ4v) is 5.18. The first-order chi connectivity index (χ1) is 16.4. The van der Waals surface area contributed by atoms with Gasteiger partial charge < -0.3 is 10.2 Å². The van der Waals surface area contributed by atoms with Crippen molar-refractivity contribution >= 4 is 46.5 Å². The minimum Gasteiger partial charge on any atom is -0.507 e. The number of rotatable bonds is 5. The molecular weight excluding hydrogens is 450 g/mol. The van der Waals surface area contributed by atoms with E-state index in [9.17, 15) is 19.8 Å². The highest BCUT2D eigenvalue weighted by Gasteiger charge is 2.39. The second-order valence-electron chi connectivity index (χ2n) is 9.24. The predicted molar refractivity (Wildman–Crippen MR) is 132 cm³/mol. The number of carboxylic acids is 1. The van der Waals surface area contributed by atoms with E-state index in [4.69, 9.17) is 11.6 Å². The van der Waals surface area contributed by atoms with Gasteiger partial charge >= 0.3 is 5.97 Å². The van der Waals surface area contributed by atoms with Crippen molar-refractivity contribution in [2.24, 2.45) is 0 Å². The summed E-state index contributed by atoms with van der Waals surface area (Å²) in [5.41, 5.74) is 5.63. The maximum Gasteiger partial charge on any atom is 0.339 e. The lowest BCUT2D eigenvalue weighted by Gasteiger charge is -2.18. The number of aromatic hydroxyl groups is 1. The molecule has 5 nitrogen and oxygen atoms in total. The molecule has 2 N–H and O–H groups in total. The summed E-state index contributed by atoms with van der Waals surface area (Å²) in [6, 6.07) is 16.1. The van der Waals surface area contributed by atoms with Crippen LogP contribution in [-0.2, 0) is 4.79 Å². The Bertz CT molecular complexity index is 1400. The number of carbonyl (C=O) groups excluding carboxylic acids is 1. The van der Waals surface area contributed by atoms with Crippen LogP contribution in [0.25, 0.3) is 11.6 Å². The van der Waals surface area contributed by atoms with Gasteiger partial charge in [0, 0.05) is 16.7 Å². The van der Waals surface area contributed by atoms with Gasteiger partial charge in [-0.15, -0.1) is 0 Å². The second kappa shape index (κ2) is 7.74. The van der Waals surface area contributed by atoms with Crippen LogP contribution in [0, 0.1) is 0 Å². The van der Waals surface area contributed by atoms with Crippen molar-refractivity contribution in [1.29, 1.82) is 0 Å². The highest BCUT2D eigenvalue weighted by Crippen LogP contribution is 2.52. The molecule has 0 spiro atoms. The number of carbonyl (C=O) groups is 2. The predicted octanol–water partition coefficient (Wildman–Crippen LogP) is 6.72. The number of halogens is 1. The molecule has 0 saturated heterocycles.